The highest BCUT2D eigenvalue weighted by atomic mass is 79.9. The fraction of sp³-hybridized carbons (Fsp3) is 0.417. The molecule has 0 unspecified atom stereocenters. The molecule has 0 amide bonds. The lowest BCUT2D eigenvalue weighted by molar-refractivity contribution is -0.142. The predicted molar refractivity (Wildman–Crippen MR) is 66.9 cm³/mol. The predicted octanol–water partition coefficient (Wildman–Crippen LogP) is 2.89. The van der Waals surface area contributed by atoms with Gasteiger partial charge >= 0.3 is 5.97 Å². The number of aromatic nitrogens is 1. The summed E-state index contributed by atoms with van der Waals surface area (Å²) in [6, 6.07) is 3.13. The van der Waals surface area contributed by atoms with Crippen molar-refractivity contribution in [2.75, 3.05) is 6.61 Å². The Kier molecular flexibility index (Phi) is 5.83. The highest BCUT2D eigenvalue weighted by molar-refractivity contribution is 9.08. The zero-order chi connectivity index (χ0) is 14.4. The normalized spacial score (nSPS) is 10.3. The third-order valence-corrected chi connectivity index (χ3v) is 2.84. The van der Waals surface area contributed by atoms with E-state index in [0.717, 1.165) is 0 Å². The Labute approximate surface area is 117 Å². The molecule has 4 nitrogen and oxygen atoms in total. The zero-order valence-electron chi connectivity index (χ0n) is 10.1. The Balaban J connectivity index is 3.21. The number of nitrogens with zero attached hydrogens (tertiary/aromatic N) is 2. The Bertz CT molecular complexity index is 515. The molecule has 19 heavy (non-hydrogen) atoms. The second-order valence-electron chi connectivity index (χ2n) is 3.55. The van der Waals surface area contributed by atoms with Crippen LogP contribution in [0.3, 0.4) is 0 Å². The molecule has 0 atom stereocenters. The lowest BCUT2D eigenvalue weighted by atomic mass is 10.1. The van der Waals surface area contributed by atoms with E-state index >= 15 is 0 Å². The lowest BCUT2D eigenvalue weighted by Gasteiger charge is -2.10. The maximum atomic E-state index is 12.9. The van der Waals surface area contributed by atoms with Gasteiger partial charge in [-0.25, -0.2) is 13.8 Å². The van der Waals surface area contributed by atoms with Crippen molar-refractivity contribution in [1.29, 1.82) is 5.26 Å². The third kappa shape index (κ3) is 3.96. The van der Waals surface area contributed by atoms with E-state index in [0.29, 0.717) is 0 Å². The number of carbonyl (C=O) groups excluding carboxylic acids is 1. The van der Waals surface area contributed by atoms with Gasteiger partial charge in [0, 0.05) is 5.33 Å². The standard InChI is InChI=1S/C12H11BrF2N2O2/c1-2-19-10(18)4-7-3-8(6-16)9(5-13)17-11(7)12(14)15/h3,12H,2,4-5H2,1H3. The Morgan fingerprint density at radius 3 is 2.79 bits per heavy atom. The minimum absolute atomic E-state index is 0.0229. The SMILES string of the molecule is CCOC(=O)Cc1cc(C#N)c(CBr)nc1C(F)F. The number of hydrogen-bond acceptors (Lipinski definition) is 4. The van der Waals surface area contributed by atoms with Gasteiger partial charge in [-0.2, -0.15) is 5.26 Å². The van der Waals surface area contributed by atoms with E-state index in [4.69, 9.17) is 10.00 Å². The summed E-state index contributed by atoms with van der Waals surface area (Å²) in [5.41, 5.74) is -0.0674. The average molecular weight is 333 g/mol. The molecule has 1 aromatic rings. The van der Waals surface area contributed by atoms with Crippen molar-refractivity contribution in [1.82, 2.24) is 4.98 Å². The van der Waals surface area contributed by atoms with E-state index in [2.05, 4.69) is 20.9 Å². The number of carbonyl (C=O) groups is 1. The molecule has 0 saturated carbocycles. The van der Waals surface area contributed by atoms with E-state index in [1.54, 1.807) is 6.92 Å². The average Bonchev–Trinajstić information content (AvgIpc) is 2.38. The lowest BCUT2D eigenvalue weighted by Crippen LogP contribution is -2.12. The van der Waals surface area contributed by atoms with Crippen LogP contribution in [0.25, 0.3) is 0 Å². The first-order valence-electron chi connectivity index (χ1n) is 5.46. The van der Waals surface area contributed by atoms with E-state index in [9.17, 15) is 13.6 Å². The second-order valence-corrected chi connectivity index (χ2v) is 4.12. The molecule has 0 aliphatic carbocycles. The number of pyridine rings is 1. The van der Waals surface area contributed by atoms with E-state index in [1.165, 1.54) is 6.07 Å². The van der Waals surface area contributed by atoms with Gasteiger partial charge in [0.1, 0.15) is 11.8 Å². The Hall–Kier alpha value is -1.55. The first-order chi connectivity index (χ1) is 9.03. The van der Waals surface area contributed by atoms with Crippen molar-refractivity contribution >= 4 is 21.9 Å². The topological polar surface area (TPSA) is 63.0 Å². The van der Waals surface area contributed by atoms with Crippen LogP contribution in [-0.2, 0) is 21.3 Å². The number of esters is 1. The summed E-state index contributed by atoms with van der Waals surface area (Å²) in [4.78, 5) is 15.1. The minimum Gasteiger partial charge on any atom is -0.466 e. The van der Waals surface area contributed by atoms with Crippen LogP contribution in [0.4, 0.5) is 8.78 Å². The summed E-state index contributed by atoms with van der Waals surface area (Å²) in [5, 5.41) is 9.12. The summed E-state index contributed by atoms with van der Waals surface area (Å²) in [6.45, 7) is 1.79. The number of alkyl halides is 3. The fourth-order valence-electron chi connectivity index (χ4n) is 1.51. The van der Waals surface area contributed by atoms with Crippen LogP contribution >= 0.6 is 15.9 Å². The van der Waals surface area contributed by atoms with Crippen molar-refractivity contribution in [3.8, 4) is 6.07 Å². The quantitative estimate of drug-likeness (QED) is 0.614. The Morgan fingerprint density at radius 1 is 1.63 bits per heavy atom. The van der Waals surface area contributed by atoms with Crippen molar-refractivity contribution in [2.24, 2.45) is 0 Å². The second kappa shape index (κ2) is 7.14. The molecule has 0 fully saturated rings. The number of halogens is 3. The van der Waals surface area contributed by atoms with Crippen LogP contribution in [0.5, 0.6) is 0 Å². The highest BCUT2D eigenvalue weighted by Gasteiger charge is 2.20. The molecule has 102 valence electrons. The van der Waals surface area contributed by atoms with E-state index in [-0.39, 0.29) is 35.2 Å². The highest BCUT2D eigenvalue weighted by Crippen LogP contribution is 2.25. The van der Waals surface area contributed by atoms with Gasteiger partial charge in [-0.15, -0.1) is 0 Å². The first-order valence-corrected chi connectivity index (χ1v) is 6.58. The summed E-state index contributed by atoms with van der Waals surface area (Å²) in [5.74, 6) is -0.623. The molecule has 0 aliphatic rings. The molecule has 1 rings (SSSR count). The van der Waals surface area contributed by atoms with Crippen LogP contribution in [-0.4, -0.2) is 17.6 Å². The van der Waals surface area contributed by atoms with Crippen molar-refractivity contribution in [2.45, 2.75) is 25.1 Å². The minimum atomic E-state index is -2.81. The van der Waals surface area contributed by atoms with Gasteiger partial charge in [0.05, 0.1) is 24.3 Å². The third-order valence-electron chi connectivity index (χ3n) is 2.31. The fourth-order valence-corrected chi connectivity index (χ4v) is 1.93. The van der Waals surface area contributed by atoms with Gasteiger partial charge in [-0.05, 0) is 18.6 Å². The molecule has 1 aromatic heterocycles. The van der Waals surface area contributed by atoms with Crippen LogP contribution in [0.2, 0.25) is 0 Å². The molecule has 1 heterocycles. The van der Waals surface area contributed by atoms with Crippen LogP contribution in [0, 0.1) is 11.3 Å². The summed E-state index contributed by atoms with van der Waals surface area (Å²) in [6.07, 6.45) is -3.13. The van der Waals surface area contributed by atoms with Crippen LogP contribution < -0.4 is 0 Å². The monoisotopic (exact) mass is 332 g/mol. The Morgan fingerprint density at radius 2 is 2.32 bits per heavy atom. The molecule has 7 heteroatoms. The molecular weight excluding hydrogens is 322 g/mol. The molecular formula is C12H11BrF2N2O2. The van der Waals surface area contributed by atoms with Gasteiger partial charge in [-0.3, -0.25) is 4.79 Å². The van der Waals surface area contributed by atoms with E-state index < -0.39 is 18.1 Å². The molecule has 0 aromatic carbocycles. The van der Waals surface area contributed by atoms with Gasteiger partial charge in [0.15, 0.2) is 0 Å². The molecule has 0 aliphatic heterocycles. The summed E-state index contributed by atoms with van der Waals surface area (Å²) in [7, 11) is 0. The smallest absolute Gasteiger partial charge is 0.310 e. The van der Waals surface area contributed by atoms with E-state index in [1.807, 2.05) is 6.07 Å². The molecule has 0 N–H and O–H groups in total. The molecule has 0 bridgehead atoms. The van der Waals surface area contributed by atoms with Crippen molar-refractivity contribution in [3.05, 3.63) is 28.6 Å². The van der Waals surface area contributed by atoms with Gasteiger partial charge < -0.3 is 4.74 Å². The largest absolute Gasteiger partial charge is 0.466 e. The number of rotatable bonds is 5. The van der Waals surface area contributed by atoms with Crippen LogP contribution in [0.15, 0.2) is 6.07 Å². The van der Waals surface area contributed by atoms with Gasteiger partial charge in [-0.1, -0.05) is 15.9 Å². The molecule has 0 radical (unpaired) electrons. The molecule has 0 saturated heterocycles. The van der Waals surface area contributed by atoms with Crippen LogP contribution in [0.1, 0.15) is 35.9 Å². The summed E-state index contributed by atoms with van der Waals surface area (Å²) < 4.78 is 30.5. The maximum absolute atomic E-state index is 12.9. The number of hydrogen-bond donors (Lipinski definition) is 0. The van der Waals surface area contributed by atoms with Crippen molar-refractivity contribution < 1.29 is 18.3 Å². The first kappa shape index (κ1) is 15.5. The summed E-state index contributed by atoms with van der Waals surface area (Å²) >= 11 is 3.08. The molecule has 0 spiro atoms. The number of ether oxygens (including phenoxy) is 1. The van der Waals surface area contributed by atoms with Crippen molar-refractivity contribution in [3.63, 3.8) is 0 Å². The maximum Gasteiger partial charge on any atom is 0.310 e. The number of nitriles is 1. The van der Waals surface area contributed by atoms with Gasteiger partial charge in [0.2, 0.25) is 0 Å². The zero-order valence-corrected chi connectivity index (χ0v) is 11.7. The van der Waals surface area contributed by atoms with Gasteiger partial charge in [0.25, 0.3) is 6.43 Å².